The van der Waals surface area contributed by atoms with Gasteiger partial charge in [-0.3, -0.25) is 0 Å². The van der Waals surface area contributed by atoms with Crippen LogP contribution >= 0.6 is 11.3 Å². The van der Waals surface area contributed by atoms with E-state index < -0.39 is 5.97 Å². The lowest BCUT2D eigenvalue weighted by molar-refractivity contribution is -0.139. The van der Waals surface area contributed by atoms with E-state index in [9.17, 15) is 4.79 Å². The maximum absolute atomic E-state index is 12.1. The zero-order valence-electron chi connectivity index (χ0n) is 18.4. The van der Waals surface area contributed by atoms with Crippen molar-refractivity contribution < 1.29 is 28.5 Å². The molecule has 168 valence electrons. The summed E-state index contributed by atoms with van der Waals surface area (Å²) in [5, 5.41) is 2.66. The van der Waals surface area contributed by atoms with E-state index in [1.165, 1.54) is 17.4 Å². The minimum Gasteiger partial charge on any atom is -0.497 e. The Morgan fingerprint density at radius 3 is 2.53 bits per heavy atom. The molecular formula is C24H25NO6S. The van der Waals surface area contributed by atoms with E-state index >= 15 is 0 Å². The van der Waals surface area contributed by atoms with Gasteiger partial charge in [0.25, 0.3) is 0 Å². The van der Waals surface area contributed by atoms with Gasteiger partial charge in [0.1, 0.15) is 23.1 Å². The average Bonchev–Trinajstić information content (AvgIpc) is 3.30. The monoisotopic (exact) mass is 455 g/mol. The summed E-state index contributed by atoms with van der Waals surface area (Å²) in [5.41, 5.74) is 2.31. The molecule has 7 nitrogen and oxygen atoms in total. The number of thiazole rings is 1. The molecule has 0 saturated heterocycles. The lowest BCUT2D eigenvalue weighted by atomic mass is 10.2. The summed E-state index contributed by atoms with van der Waals surface area (Å²) in [7, 11) is 4.74. The second kappa shape index (κ2) is 11.2. The summed E-state index contributed by atoms with van der Waals surface area (Å²) < 4.78 is 26.8. The van der Waals surface area contributed by atoms with Crippen LogP contribution in [0.1, 0.15) is 18.2 Å². The van der Waals surface area contributed by atoms with Crippen LogP contribution in [0.2, 0.25) is 0 Å². The van der Waals surface area contributed by atoms with E-state index in [1.807, 2.05) is 30.5 Å². The molecule has 0 unspecified atom stereocenters. The Bertz CT molecular complexity index is 1090. The van der Waals surface area contributed by atoms with Crippen molar-refractivity contribution in [2.75, 3.05) is 27.9 Å². The summed E-state index contributed by atoms with van der Waals surface area (Å²) in [6, 6.07) is 11.0. The van der Waals surface area contributed by atoms with Crippen LogP contribution in [0.15, 0.2) is 47.9 Å². The Labute approximate surface area is 191 Å². The van der Waals surface area contributed by atoms with Gasteiger partial charge in [-0.2, -0.15) is 0 Å². The minimum atomic E-state index is -0.472. The SMILES string of the molecule is CCOc1ccc(-c2nc(COC(=O)/C=C/c3ccc(OC)cc3OC)cs2)cc1OC. The Balaban J connectivity index is 1.62. The van der Waals surface area contributed by atoms with Gasteiger partial charge < -0.3 is 23.7 Å². The van der Waals surface area contributed by atoms with Crippen molar-refractivity contribution in [3.63, 3.8) is 0 Å². The molecule has 3 aromatic rings. The molecule has 0 aliphatic carbocycles. The summed E-state index contributed by atoms with van der Waals surface area (Å²) in [5.74, 6) is 2.13. The molecule has 0 aliphatic heterocycles. The number of esters is 1. The van der Waals surface area contributed by atoms with Crippen LogP contribution in [0.3, 0.4) is 0 Å². The van der Waals surface area contributed by atoms with Gasteiger partial charge in [-0.25, -0.2) is 9.78 Å². The van der Waals surface area contributed by atoms with E-state index in [2.05, 4.69) is 4.98 Å². The van der Waals surface area contributed by atoms with E-state index in [0.717, 1.165) is 16.1 Å². The number of benzene rings is 2. The number of methoxy groups -OCH3 is 3. The molecule has 0 aliphatic rings. The quantitative estimate of drug-likeness (QED) is 0.315. The molecule has 0 amide bonds. The van der Waals surface area contributed by atoms with E-state index in [4.69, 9.17) is 23.7 Å². The number of carbonyl (C=O) groups is 1. The zero-order valence-corrected chi connectivity index (χ0v) is 19.2. The maximum atomic E-state index is 12.1. The number of ether oxygens (including phenoxy) is 5. The van der Waals surface area contributed by atoms with Crippen LogP contribution in [0.4, 0.5) is 0 Å². The normalized spacial score (nSPS) is 10.8. The molecule has 0 atom stereocenters. The molecular weight excluding hydrogens is 430 g/mol. The van der Waals surface area contributed by atoms with Gasteiger partial charge in [0.2, 0.25) is 0 Å². The molecule has 32 heavy (non-hydrogen) atoms. The number of hydrogen-bond acceptors (Lipinski definition) is 8. The molecule has 1 heterocycles. The van der Waals surface area contributed by atoms with Crippen molar-refractivity contribution in [2.45, 2.75) is 13.5 Å². The van der Waals surface area contributed by atoms with E-state index in [1.54, 1.807) is 45.6 Å². The van der Waals surface area contributed by atoms with Crippen molar-refractivity contribution in [1.82, 2.24) is 4.98 Å². The highest BCUT2D eigenvalue weighted by atomic mass is 32.1. The molecule has 1 aromatic heterocycles. The number of carbonyl (C=O) groups excluding carboxylic acids is 1. The van der Waals surface area contributed by atoms with Crippen LogP contribution in [0.25, 0.3) is 16.6 Å². The topological polar surface area (TPSA) is 76.1 Å². The third kappa shape index (κ3) is 5.79. The van der Waals surface area contributed by atoms with Gasteiger partial charge in [0.15, 0.2) is 11.5 Å². The molecule has 2 aromatic carbocycles. The third-order valence-electron chi connectivity index (χ3n) is 4.46. The lowest BCUT2D eigenvalue weighted by Gasteiger charge is -2.09. The minimum absolute atomic E-state index is 0.0770. The van der Waals surface area contributed by atoms with Gasteiger partial charge in [0.05, 0.1) is 33.6 Å². The Kier molecular flexibility index (Phi) is 8.10. The van der Waals surface area contributed by atoms with Crippen molar-refractivity contribution in [3.8, 4) is 33.6 Å². The highest BCUT2D eigenvalue weighted by Crippen LogP contribution is 2.34. The third-order valence-corrected chi connectivity index (χ3v) is 5.40. The number of hydrogen-bond donors (Lipinski definition) is 0. The first-order valence-electron chi connectivity index (χ1n) is 9.90. The molecule has 0 fully saturated rings. The molecule has 8 heteroatoms. The van der Waals surface area contributed by atoms with Crippen molar-refractivity contribution in [3.05, 3.63) is 59.1 Å². The molecule has 0 saturated carbocycles. The number of nitrogens with zero attached hydrogens (tertiary/aromatic N) is 1. The highest BCUT2D eigenvalue weighted by Gasteiger charge is 2.11. The van der Waals surface area contributed by atoms with Gasteiger partial charge in [-0.1, -0.05) is 0 Å². The maximum Gasteiger partial charge on any atom is 0.331 e. The number of rotatable bonds is 10. The second-order valence-electron chi connectivity index (χ2n) is 6.49. The second-order valence-corrected chi connectivity index (χ2v) is 7.35. The average molecular weight is 456 g/mol. The van der Waals surface area contributed by atoms with Crippen molar-refractivity contribution >= 4 is 23.4 Å². The predicted octanol–water partition coefficient (Wildman–Crippen LogP) is 4.99. The van der Waals surface area contributed by atoms with Gasteiger partial charge in [0, 0.05) is 28.6 Å². The van der Waals surface area contributed by atoms with Gasteiger partial charge in [-0.15, -0.1) is 11.3 Å². The summed E-state index contributed by atoms with van der Waals surface area (Å²) in [6.45, 7) is 2.56. The standard InChI is InChI=1S/C24H25NO6S/c1-5-30-20-10-7-17(12-22(20)29-4)24-25-18(15-32-24)14-31-23(26)11-8-16-6-9-19(27-2)13-21(16)28-3/h6-13,15H,5,14H2,1-4H3/b11-8+. The largest absolute Gasteiger partial charge is 0.497 e. The molecule has 3 rings (SSSR count). The lowest BCUT2D eigenvalue weighted by Crippen LogP contribution is -2.01. The molecule has 0 N–H and O–H groups in total. The van der Waals surface area contributed by atoms with Crippen LogP contribution in [-0.2, 0) is 16.1 Å². The fraction of sp³-hybridized carbons (Fsp3) is 0.250. The summed E-state index contributed by atoms with van der Waals surface area (Å²) >= 11 is 1.47. The van der Waals surface area contributed by atoms with Crippen LogP contribution < -0.4 is 18.9 Å². The zero-order chi connectivity index (χ0) is 22.9. The van der Waals surface area contributed by atoms with Crippen LogP contribution in [0, 0.1) is 0 Å². The van der Waals surface area contributed by atoms with E-state index in [0.29, 0.717) is 35.3 Å². The van der Waals surface area contributed by atoms with Crippen LogP contribution in [0.5, 0.6) is 23.0 Å². The van der Waals surface area contributed by atoms with Gasteiger partial charge >= 0.3 is 5.97 Å². The van der Waals surface area contributed by atoms with Crippen molar-refractivity contribution in [2.24, 2.45) is 0 Å². The first-order chi connectivity index (χ1) is 15.6. The van der Waals surface area contributed by atoms with Crippen molar-refractivity contribution in [1.29, 1.82) is 0 Å². The van der Waals surface area contributed by atoms with E-state index in [-0.39, 0.29) is 6.61 Å². The smallest absolute Gasteiger partial charge is 0.331 e. The Morgan fingerprint density at radius 1 is 1.00 bits per heavy atom. The van der Waals surface area contributed by atoms with Crippen LogP contribution in [-0.4, -0.2) is 38.9 Å². The fourth-order valence-electron chi connectivity index (χ4n) is 2.89. The fourth-order valence-corrected chi connectivity index (χ4v) is 3.69. The van der Waals surface area contributed by atoms with Gasteiger partial charge in [-0.05, 0) is 43.3 Å². The predicted molar refractivity (Wildman–Crippen MR) is 124 cm³/mol. The molecule has 0 bridgehead atoms. The Hall–Kier alpha value is -3.52. The first kappa shape index (κ1) is 23.1. The summed E-state index contributed by atoms with van der Waals surface area (Å²) in [6.07, 6.45) is 2.99. The first-order valence-corrected chi connectivity index (χ1v) is 10.8. The summed E-state index contributed by atoms with van der Waals surface area (Å²) in [4.78, 5) is 16.7. The molecule has 0 spiro atoms. The highest BCUT2D eigenvalue weighted by molar-refractivity contribution is 7.13. The number of aromatic nitrogens is 1. The molecule has 0 radical (unpaired) electrons. The Morgan fingerprint density at radius 2 is 1.81 bits per heavy atom.